The fourth-order valence-electron chi connectivity index (χ4n) is 4.17. The van der Waals surface area contributed by atoms with Crippen LogP contribution in [0.3, 0.4) is 0 Å². The largest absolute Gasteiger partial charge is 0.497 e. The van der Waals surface area contributed by atoms with E-state index in [1.807, 2.05) is 23.6 Å². The van der Waals surface area contributed by atoms with Gasteiger partial charge in [-0.3, -0.25) is 14.5 Å². The van der Waals surface area contributed by atoms with Gasteiger partial charge in [0.25, 0.3) is 11.5 Å². The summed E-state index contributed by atoms with van der Waals surface area (Å²) in [6.45, 7) is 3.09. The summed E-state index contributed by atoms with van der Waals surface area (Å²) in [5.74, 6) is 0.971. The Bertz CT molecular complexity index is 1180. The van der Waals surface area contributed by atoms with Crippen molar-refractivity contribution in [2.75, 3.05) is 34.4 Å². The minimum Gasteiger partial charge on any atom is -0.497 e. The molecule has 8 nitrogen and oxygen atoms in total. The topological polar surface area (TPSA) is 76.9 Å². The zero-order valence-electron chi connectivity index (χ0n) is 19.1. The summed E-state index contributed by atoms with van der Waals surface area (Å²) in [5, 5.41) is 2.74. The second-order valence-electron chi connectivity index (χ2n) is 7.99. The Morgan fingerprint density at radius 1 is 1.18 bits per heavy atom. The average Bonchev–Trinajstić information content (AvgIpc) is 3.24. The van der Waals surface area contributed by atoms with Crippen molar-refractivity contribution in [3.05, 3.63) is 74.1 Å². The van der Waals surface area contributed by atoms with E-state index in [1.165, 1.54) is 24.5 Å². The number of hydrogen-bond acceptors (Lipinski definition) is 7. The van der Waals surface area contributed by atoms with E-state index in [1.54, 1.807) is 29.8 Å². The number of fused-ring (bicyclic) bond motifs is 1. The van der Waals surface area contributed by atoms with E-state index in [-0.39, 0.29) is 11.5 Å². The molecule has 1 aromatic carbocycles. The van der Waals surface area contributed by atoms with Crippen molar-refractivity contribution in [1.82, 2.24) is 19.4 Å². The molecule has 3 aromatic rings. The van der Waals surface area contributed by atoms with Crippen molar-refractivity contribution < 1.29 is 14.3 Å². The van der Waals surface area contributed by atoms with Gasteiger partial charge in [0.15, 0.2) is 0 Å². The molecular formula is C24H28N4O4S. The second-order valence-corrected chi connectivity index (χ2v) is 8.97. The number of pyridine rings is 1. The molecule has 1 aliphatic rings. The van der Waals surface area contributed by atoms with E-state index >= 15 is 0 Å². The number of thiazole rings is 1. The number of aromatic nitrogens is 2. The van der Waals surface area contributed by atoms with Crippen LogP contribution in [0.2, 0.25) is 0 Å². The van der Waals surface area contributed by atoms with Gasteiger partial charge in [0.1, 0.15) is 22.1 Å². The van der Waals surface area contributed by atoms with E-state index in [2.05, 4.69) is 16.0 Å². The van der Waals surface area contributed by atoms with Crippen molar-refractivity contribution in [2.45, 2.75) is 26.1 Å². The Morgan fingerprint density at radius 2 is 2.03 bits per heavy atom. The molecule has 0 radical (unpaired) electrons. The molecule has 174 valence electrons. The van der Waals surface area contributed by atoms with Gasteiger partial charge in [-0.25, -0.2) is 4.98 Å². The lowest BCUT2D eigenvalue weighted by Crippen LogP contribution is -2.32. The predicted molar refractivity (Wildman–Crippen MR) is 127 cm³/mol. The van der Waals surface area contributed by atoms with Gasteiger partial charge in [-0.05, 0) is 17.7 Å². The summed E-state index contributed by atoms with van der Waals surface area (Å²) in [5.41, 5.74) is 2.18. The Kier molecular flexibility index (Phi) is 7.10. The van der Waals surface area contributed by atoms with Crippen LogP contribution in [0.25, 0.3) is 0 Å². The van der Waals surface area contributed by atoms with Gasteiger partial charge in [0.2, 0.25) is 0 Å². The molecule has 0 saturated carbocycles. The van der Waals surface area contributed by atoms with Crippen LogP contribution >= 0.6 is 11.3 Å². The monoisotopic (exact) mass is 468 g/mol. The van der Waals surface area contributed by atoms with Gasteiger partial charge < -0.3 is 18.9 Å². The minimum absolute atomic E-state index is 0.149. The maximum Gasteiger partial charge on any atom is 0.259 e. The van der Waals surface area contributed by atoms with Crippen LogP contribution in [0.4, 0.5) is 0 Å². The van der Waals surface area contributed by atoms with Gasteiger partial charge in [0.05, 0.1) is 20.8 Å². The quantitative estimate of drug-likeness (QED) is 0.531. The van der Waals surface area contributed by atoms with Gasteiger partial charge in [-0.15, -0.1) is 11.3 Å². The highest BCUT2D eigenvalue weighted by Gasteiger charge is 2.27. The fraction of sp³-hybridized carbons (Fsp3) is 0.375. The number of carbonyl (C=O) groups excluding carboxylic acids is 1. The van der Waals surface area contributed by atoms with Gasteiger partial charge >= 0.3 is 0 Å². The van der Waals surface area contributed by atoms with Crippen molar-refractivity contribution in [2.24, 2.45) is 0 Å². The molecule has 3 heterocycles. The number of carbonyl (C=O) groups is 1. The van der Waals surface area contributed by atoms with Crippen molar-refractivity contribution in [3.63, 3.8) is 0 Å². The maximum absolute atomic E-state index is 13.5. The third-order valence-electron chi connectivity index (χ3n) is 5.86. The predicted octanol–water partition coefficient (Wildman–Crippen LogP) is 2.65. The number of amides is 1. The zero-order chi connectivity index (χ0) is 23.4. The van der Waals surface area contributed by atoms with E-state index in [9.17, 15) is 9.59 Å². The summed E-state index contributed by atoms with van der Waals surface area (Å²) in [7, 11) is 4.90. The number of ether oxygens (including phenoxy) is 2. The van der Waals surface area contributed by atoms with Gasteiger partial charge in [-0.1, -0.05) is 12.1 Å². The summed E-state index contributed by atoms with van der Waals surface area (Å²) in [6, 6.07) is 9.42. The van der Waals surface area contributed by atoms with E-state index in [0.717, 1.165) is 35.1 Å². The van der Waals surface area contributed by atoms with E-state index in [4.69, 9.17) is 9.47 Å². The maximum atomic E-state index is 13.5. The molecule has 0 atom stereocenters. The molecule has 4 rings (SSSR count). The molecule has 0 bridgehead atoms. The van der Waals surface area contributed by atoms with Crippen molar-refractivity contribution in [3.8, 4) is 11.5 Å². The first-order chi connectivity index (χ1) is 16.0. The Balaban J connectivity index is 1.60. The smallest absolute Gasteiger partial charge is 0.259 e. The minimum atomic E-state index is -0.174. The SMILES string of the molecule is COc1cccc(CN2CCc3c(C(=O)N(C)Cc4nccs4)c(OC)cc(=O)n3CC2)c1. The highest BCUT2D eigenvalue weighted by molar-refractivity contribution is 7.09. The average molecular weight is 469 g/mol. The first-order valence-electron chi connectivity index (χ1n) is 10.8. The lowest BCUT2D eigenvalue weighted by atomic mass is 10.1. The molecule has 0 aliphatic carbocycles. The lowest BCUT2D eigenvalue weighted by molar-refractivity contribution is 0.0779. The first kappa shape index (κ1) is 23.0. The van der Waals surface area contributed by atoms with Crippen LogP contribution in [0.15, 0.2) is 46.7 Å². The first-order valence-corrected chi connectivity index (χ1v) is 11.7. The number of hydrogen-bond donors (Lipinski definition) is 0. The van der Waals surface area contributed by atoms with Crippen LogP contribution in [-0.2, 0) is 26.1 Å². The second kappa shape index (κ2) is 10.2. The number of methoxy groups -OCH3 is 2. The molecule has 1 amide bonds. The van der Waals surface area contributed by atoms with Crippen LogP contribution in [0.1, 0.15) is 26.6 Å². The molecule has 9 heteroatoms. The number of benzene rings is 1. The highest BCUT2D eigenvalue weighted by atomic mass is 32.1. The Labute approximate surface area is 197 Å². The number of nitrogens with zero attached hydrogens (tertiary/aromatic N) is 4. The molecule has 0 saturated heterocycles. The molecule has 1 aliphatic heterocycles. The standard InChI is InChI=1S/C24H28N4O4S/c1-26(16-21-25-8-12-33-21)24(30)23-19-7-9-27(15-17-5-4-6-18(13-17)31-2)10-11-28(19)22(29)14-20(23)32-3/h4-6,8,12-14H,7,9-11,15-16H2,1-3H3. The van der Waals surface area contributed by atoms with Gasteiger partial charge in [-0.2, -0.15) is 0 Å². The summed E-state index contributed by atoms with van der Waals surface area (Å²) in [4.78, 5) is 34.5. The third-order valence-corrected chi connectivity index (χ3v) is 6.63. The van der Waals surface area contributed by atoms with Crippen molar-refractivity contribution in [1.29, 1.82) is 0 Å². The molecule has 33 heavy (non-hydrogen) atoms. The fourth-order valence-corrected chi connectivity index (χ4v) is 4.84. The van der Waals surface area contributed by atoms with Crippen LogP contribution < -0.4 is 15.0 Å². The normalized spacial score (nSPS) is 13.8. The van der Waals surface area contributed by atoms with E-state index < -0.39 is 0 Å². The molecule has 0 spiro atoms. The van der Waals surface area contributed by atoms with Crippen molar-refractivity contribution >= 4 is 17.2 Å². The van der Waals surface area contributed by atoms with E-state index in [0.29, 0.717) is 37.4 Å². The Hall–Kier alpha value is -3.17. The van der Waals surface area contributed by atoms with Gasteiger partial charge in [0, 0.05) is 63.0 Å². The molecular weight excluding hydrogens is 440 g/mol. The van der Waals surface area contributed by atoms with Crippen LogP contribution in [0.5, 0.6) is 11.5 Å². The summed E-state index contributed by atoms with van der Waals surface area (Å²) >= 11 is 1.51. The molecule has 0 N–H and O–H groups in total. The highest BCUT2D eigenvalue weighted by Crippen LogP contribution is 2.25. The number of rotatable bonds is 7. The summed E-state index contributed by atoms with van der Waals surface area (Å²) in [6.07, 6.45) is 2.30. The van der Waals surface area contributed by atoms with Crippen LogP contribution in [-0.4, -0.2) is 59.6 Å². The third kappa shape index (κ3) is 5.09. The van der Waals surface area contributed by atoms with Crippen LogP contribution in [0, 0.1) is 0 Å². The molecule has 0 fully saturated rings. The Morgan fingerprint density at radius 3 is 2.76 bits per heavy atom. The zero-order valence-corrected chi connectivity index (χ0v) is 19.9. The molecule has 0 unspecified atom stereocenters. The summed E-state index contributed by atoms with van der Waals surface area (Å²) < 4.78 is 12.5. The lowest BCUT2D eigenvalue weighted by Gasteiger charge is -2.21. The molecule has 2 aromatic heterocycles.